The van der Waals surface area contributed by atoms with E-state index in [0.29, 0.717) is 5.91 Å². The molecule has 0 aliphatic carbocycles. The topological polar surface area (TPSA) is 45.2 Å². The molecule has 100 valence electrons. The average Bonchev–Trinajstić information content (AvgIpc) is 2.76. The van der Waals surface area contributed by atoms with Crippen molar-refractivity contribution in [3.05, 3.63) is 30.1 Å². The third kappa shape index (κ3) is 4.63. The smallest absolute Gasteiger partial charge is 0.222 e. The number of nitrogens with zero attached hydrogens (tertiary/aromatic N) is 2. The molecule has 4 nitrogen and oxygen atoms in total. The maximum atomic E-state index is 11.4. The monoisotopic (exact) mass is 269 g/mol. The van der Waals surface area contributed by atoms with Crippen LogP contribution in [0.15, 0.2) is 24.4 Å². The highest BCUT2D eigenvalue weighted by Gasteiger charge is 2.18. The molecular weight excluding hydrogens is 250 g/mol. The van der Waals surface area contributed by atoms with Gasteiger partial charge in [-0.1, -0.05) is 6.07 Å². The Labute approximate surface area is 114 Å². The molecule has 1 aromatic rings. The summed E-state index contributed by atoms with van der Waals surface area (Å²) in [6.45, 7) is 3.56. The molecule has 18 heavy (non-hydrogen) atoms. The van der Waals surface area contributed by atoms with Gasteiger partial charge in [-0.05, 0) is 31.5 Å². The number of hydrogen-bond donors (Lipinski definition) is 1. The van der Waals surface area contributed by atoms with E-state index in [9.17, 15) is 4.79 Å². The summed E-state index contributed by atoms with van der Waals surface area (Å²) >= 11 is 0. The van der Waals surface area contributed by atoms with E-state index in [1.54, 1.807) is 6.20 Å². The van der Waals surface area contributed by atoms with E-state index < -0.39 is 0 Å². The van der Waals surface area contributed by atoms with Crippen molar-refractivity contribution in [2.75, 3.05) is 19.6 Å². The third-order valence-electron chi connectivity index (χ3n) is 2.99. The molecule has 0 saturated carbocycles. The van der Waals surface area contributed by atoms with E-state index in [2.05, 4.69) is 10.3 Å². The molecule has 1 N–H and O–H groups in total. The third-order valence-corrected chi connectivity index (χ3v) is 2.99. The molecule has 1 fully saturated rings. The zero-order valence-electron chi connectivity index (χ0n) is 10.5. The molecule has 5 heteroatoms. The summed E-state index contributed by atoms with van der Waals surface area (Å²) in [5.41, 5.74) is 1.06. The summed E-state index contributed by atoms with van der Waals surface area (Å²) in [6, 6.07) is 5.92. The number of rotatable bonds is 6. The number of likely N-dealkylation sites (tertiary alicyclic amines) is 1. The Morgan fingerprint density at radius 3 is 2.94 bits per heavy atom. The standard InChI is InChI=1S/C13H19N3O.ClH/c17-13-6-3-9-16(13)10-4-7-14-11-12-5-1-2-8-15-12;/h1-2,5,8,14H,3-4,6-7,9-11H2;1H. The molecule has 0 unspecified atom stereocenters. The molecule has 1 saturated heterocycles. The molecule has 0 bridgehead atoms. The highest BCUT2D eigenvalue weighted by molar-refractivity contribution is 5.85. The summed E-state index contributed by atoms with van der Waals surface area (Å²) in [7, 11) is 0. The summed E-state index contributed by atoms with van der Waals surface area (Å²) < 4.78 is 0. The predicted octanol–water partition coefficient (Wildman–Crippen LogP) is 1.61. The van der Waals surface area contributed by atoms with Crippen molar-refractivity contribution in [2.45, 2.75) is 25.8 Å². The van der Waals surface area contributed by atoms with Crippen molar-refractivity contribution in [3.63, 3.8) is 0 Å². The fourth-order valence-corrected chi connectivity index (χ4v) is 2.05. The van der Waals surface area contributed by atoms with E-state index in [4.69, 9.17) is 0 Å². The molecule has 1 amide bonds. The first-order valence-electron chi connectivity index (χ1n) is 6.24. The number of carbonyl (C=O) groups is 1. The van der Waals surface area contributed by atoms with E-state index >= 15 is 0 Å². The van der Waals surface area contributed by atoms with Crippen molar-refractivity contribution in [3.8, 4) is 0 Å². The number of aromatic nitrogens is 1. The molecule has 0 atom stereocenters. The number of amides is 1. The quantitative estimate of drug-likeness (QED) is 0.798. The van der Waals surface area contributed by atoms with E-state index in [1.807, 2.05) is 23.1 Å². The Hall–Kier alpha value is -1.13. The number of carbonyl (C=O) groups excluding carboxylic acids is 1. The summed E-state index contributed by atoms with van der Waals surface area (Å²) in [6.07, 6.45) is 4.58. The molecule has 1 aliphatic heterocycles. The first-order valence-corrected chi connectivity index (χ1v) is 6.24. The molecule has 0 spiro atoms. The first-order chi connectivity index (χ1) is 8.36. The van der Waals surface area contributed by atoms with Gasteiger partial charge in [0.05, 0.1) is 5.69 Å². The van der Waals surface area contributed by atoms with Crippen molar-refractivity contribution < 1.29 is 4.79 Å². The Kier molecular flexibility index (Phi) is 6.68. The number of nitrogens with one attached hydrogen (secondary N) is 1. The number of hydrogen-bond acceptors (Lipinski definition) is 3. The van der Waals surface area contributed by atoms with Gasteiger partial charge >= 0.3 is 0 Å². The molecular formula is C13H20ClN3O. The van der Waals surface area contributed by atoms with Crippen molar-refractivity contribution in [2.24, 2.45) is 0 Å². The zero-order chi connectivity index (χ0) is 11.9. The second-order valence-corrected chi connectivity index (χ2v) is 4.34. The normalized spacial score (nSPS) is 14.7. The minimum Gasteiger partial charge on any atom is -0.343 e. The van der Waals surface area contributed by atoms with Crippen molar-refractivity contribution in [1.29, 1.82) is 0 Å². The largest absolute Gasteiger partial charge is 0.343 e. The fraction of sp³-hybridized carbons (Fsp3) is 0.538. The minimum absolute atomic E-state index is 0. The Balaban J connectivity index is 0.00000162. The Bertz CT molecular complexity index is 359. The van der Waals surface area contributed by atoms with Gasteiger partial charge in [-0.3, -0.25) is 9.78 Å². The van der Waals surface area contributed by atoms with Crippen LogP contribution in [0.3, 0.4) is 0 Å². The van der Waals surface area contributed by atoms with Crippen LogP contribution >= 0.6 is 12.4 Å². The van der Waals surface area contributed by atoms with Gasteiger partial charge in [-0.25, -0.2) is 0 Å². The molecule has 2 rings (SSSR count). The van der Waals surface area contributed by atoms with Crippen LogP contribution in [0.25, 0.3) is 0 Å². The summed E-state index contributed by atoms with van der Waals surface area (Å²) in [5, 5.41) is 3.34. The van der Waals surface area contributed by atoms with E-state index in [-0.39, 0.29) is 12.4 Å². The van der Waals surface area contributed by atoms with Gasteiger partial charge in [0.2, 0.25) is 5.91 Å². The lowest BCUT2D eigenvalue weighted by atomic mass is 10.3. The summed E-state index contributed by atoms with van der Waals surface area (Å²) in [5.74, 6) is 0.315. The van der Waals surface area contributed by atoms with Gasteiger partial charge in [-0.15, -0.1) is 12.4 Å². The Morgan fingerprint density at radius 1 is 1.39 bits per heavy atom. The van der Waals surface area contributed by atoms with E-state index in [1.165, 1.54) is 0 Å². The lowest BCUT2D eigenvalue weighted by Gasteiger charge is -2.15. The SMILES string of the molecule is Cl.O=C1CCCN1CCCNCc1ccccn1. The second-order valence-electron chi connectivity index (χ2n) is 4.34. The molecule has 0 aromatic carbocycles. The lowest BCUT2D eigenvalue weighted by molar-refractivity contribution is -0.127. The summed E-state index contributed by atoms with van der Waals surface area (Å²) in [4.78, 5) is 17.6. The first kappa shape index (κ1) is 14.9. The molecule has 2 heterocycles. The van der Waals surface area contributed by atoms with Gasteiger partial charge in [0.1, 0.15) is 0 Å². The molecule has 0 radical (unpaired) electrons. The average molecular weight is 270 g/mol. The van der Waals surface area contributed by atoms with Crippen LogP contribution < -0.4 is 5.32 Å². The van der Waals surface area contributed by atoms with Crippen molar-refractivity contribution >= 4 is 18.3 Å². The van der Waals surface area contributed by atoms with Gasteiger partial charge in [-0.2, -0.15) is 0 Å². The predicted molar refractivity (Wildman–Crippen MR) is 73.6 cm³/mol. The van der Waals surface area contributed by atoms with Gasteiger partial charge < -0.3 is 10.2 Å². The Morgan fingerprint density at radius 2 is 2.28 bits per heavy atom. The number of pyridine rings is 1. The lowest BCUT2D eigenvalue weighted by Crippen LogP contribution is -2.28. The van der Waals surface area contributed by atoms with Crippen LogP contribution in [0.4, 0.5) is 0 Å². The van der Waals surface area contributed by atoms with Gasteiger partial charge in [0.25, 0.3) is 0 Å². The number of halogens is 1. The van der Waals surface area contributed by atoms with Crippen LogP contribution in [-0.4, -0.2) is 35.4 Å². The van der Waals surface area contributed by atoms with E-state index in [0.717, 1.165) is 51.1 Å². The highest BCUT2D eigenvalue weighted by Crippen LogP contribution is 2.09. The highest BCUT2D eigenvalue weighted by atomic mass is 35.5. The molecule has 1 aliphatic rings. The van der Waals surface area contributed by atoms with Crippen molar-refractivity contribution in [1.82, 2.24) is 15.2 Å². The van der Waals surface area contributed by atoms with Gasteiger partial charge in [0, 0.05) is 32.3 Å². The van der Waals surface area contributed by atoms with Crippen LogP contribution in [0.1, 0.15) is 25.0 Å². The zero-order valence-corrected chi connectivity index (χ0v) is 11.3. The van der Waals surface area contributed by atoms with Crippen LogP contribution in [0, 0.1) is 0 Å². The fourth-order valence-electron chi connectivity index (χ4n) is 2.05. The van der Waals surface area contributed by atoms with Crippen LogP contribution in [0.2, 0.25) is 0 Å². The minimum atomic E-state index is 0. The molecule has 1 aromatic heterocycles. The maximum absolute atomic E-state index is 11.4. The maximum Gasteiger partial charge on any atom is 0.222 e. The van der Waals surface area contributed by atoms with Gasteiger partial charge in [0.15, 0.2) is 0 Å². The van der Waals surface area contributed by atoms with Crippen LogP contribution in [-0.2, 0) is 11.3 Å². The second kappa shape index (κ2) is 8.06. The van der Waals surface area contributed by atoms with Crippen LogP contribution in [0.5, 0.6) is 0 Å².